The third kappa shape index (κ3) is 4.30. The molecule has 7 heteroatoms. The van der Waals surface area contributed by atoms with Crippen LogP contribution in [0, 0.1) is 5.82 Å². The van der Waals surface area contributed by atoms with Gasteiger partial charge in [0.15, 0.2) is 5.16 Å². The monoisotopic (exact) mass is 359 g/mol. The van der Waals surface area contributed by atoms with Gasteiger partial charge in [0.05, 0.1) is 29.9 Å². The summed E-state index contributed by atoms with van der Waals surface area (Å²) in [5, 5.41) is 3.57. The van der Waals surface area contributed by atoms with E-state index in [1.54, 1.807) is 19.2 Å². The fourth-order valence-electron chi connectivity index (χ4n) is 2.41. The van der Waals surface area contributed by atoms with Crippen LogP contribution in [0.1, 0.15) is 18.5 Å². The molecular weight excluding hydrogens is 341 g/mol. The van der Waals surface area contributed by atoms with Crippen LogP contribution in [0.25, 0.3) is 11.0 Å². The Morgan fingerprint density at radius 1 is 1.32 bits per heavy atom. The summed E-state index contributed by atoms with van der Waals surface area (Å²) in [5.74, 6) is 0.584. The number of benzene rings is 2. The van der Waals surface area contributed by atoms with E-state index in [-0.39, 0.29) is 23.5 Å². The molecular formula is C18H18FN3O2S. The number of halogens is 1. The van der Waals surface area contributed by atoms with Gasteiger partial charge in [-0.15, -0.1) is 0 Å². The molecule has 1 aromatic heterocycles. The summed E-state index contributed by atoms with van der Waals surface area (Å²) < 4.78 is 18.1. The van der Waals surface area contributed by atoms with Gasteiger partial charge in [0.25, 0.3) is 0 Å². The van der Waals surface area contributed by atoms with Crippen molar-refractivity contribution in [3.63, 3.8) is 0 Å². The van der Waals surface area contributed by atoms with Gasteiger partial charge >= 0.3 is 0 Å². The van der Waals surface area contributed by atoms with Crippen LogP contribution in [0.15, 0.2) is 47.6 Å². The predicted octanol–water partition coefficient (Wildman–Crippen LogP) is 3.68. The van der Waals surface area contributed by atoms with E-state index in [2.05, 4.69) is 15.3 Å². The van der Waals surface area contributed by atoms with Crippen LogP contribution < -0.4 is 10.1 Å². The molecule has 1 unspecified atom stereocenters. The molecule has 130 valence electrons. The molecule has 0 saturated carbocycles. The highest BCUT2D eigenvalue weighted by Gasteiger charge is 2.12. The Kier molecular flexibility index (Phi) is 5.23. The highest BCUT2D eigenvalue weighted by molar-refractivity contribution is 7.99. The summed E-state index contributed by atoms with van der Waals surface area (Å²) in [6.45, 7) is 1.86. The summed E-state index contributed by atoms with van der Waals surface area (Å²) >= 11 is 1.33. The molecule has 25 heavy (non-hydrogen) atoms. The number of rotatable bonds is 6. The van der Waals surface area contributed by atoms with Crippen LogP contribution in [0.2, 0.25) is 0 Å². The van der Waals surface area contributed by atoms with E-state index in [1.165, 1.54) is 23.9 Å². The molecule has 2 aromatic carbocycles. The van der Waals surface area contributed by atoms with Crippen LogP contribution in [0.4, 0.5) is 4.39 Å². The molecule has 0 bridgehead atoms. The zero-order valence-corrected chi connectivity index (χ0v) is 14.7. The molecule has 3 aromatic rings. The van der Waals surface area contributed by atoms with E-state index < -0.39 is 0 Å². The number of imidazole rings is 1. The maximum absolute atomic E-state index is 12.9. The molecule has 0 saturated heterocycles. The molecule has 2 N–H and O–H groups in total. The van der Waals surface area contributed by atoms with E-state index in [0.29, 0.717) is 5.16 Å². The molecule has 0 aliphatic rings. The van der Waals surface area contributed by atoms with Crippen molar-refractivity contribution >= 4 is 28.7 Å². The van der Waals surface area contributed by atoms with Crippen molar-refractivity contribution in [2.45, 2.75) is 18.1 Å². The Labute approximate surface area is 149 Å². The first-order valence-electron chi connectivity index (χ1n) is 7.76. The first kappa shape index (κ1) is 17.3. The number of nitrogens with zero attached hydrogens (tertiary/aromatic N) is 1. The Balaban J connectivity index is 1.57. The molecule has 1 amide bonds. The number of hydrogen-bond donors (Lipinski definition) is 2. The largest absolute Gasteiger partial charge is 0.497 e. The minimum Gasteiger partial charge on any atom is -0.497 e. The standard InChI is InChI=1S/C18H18FN3O2S/c1-11(12-3-5-13(19)6-4-12)20-17(23)10-25-18-21-15-8-7-14(24-2)9-16(15)22-18/h3-9,11H,10H2,1-2H3,(H,20,23)(H,21,22). The van der Waals surface area contributed by atoms with Crippen molar-refractivity contribution in [2.24, 2.45) is 0 Å². The van der Waals surface area contributed by atoms with Crippen molar-refractivity contribution in [1.82, 2.24) is 15.3 Å². The number of carbonyl (C=O) groups is 1. The number of amides is 1. The molecule has 0 spiro atoms. The highest BCUT2D eigenvalue weighted by Crippen LogP contribution is 2.23. The third-order valence-corrected chi connectivity index (χ3v) is 4.63. The van der Waals surface area contributed by atoms with Crippen LogP contribution in [-0.2, 0) is 4.79 Å². The number of methoxy groups -OCH3 is 1. The lowest BCUT2D eigenvalue weighted by Crippen LogP contribution is -2.28. The maximum atomic E-state index is 12.9. The van der Waals surface area contributed by atoms with Gasteiger partial charge in [0.1, 0.15) is 11.6 Å². The van der Waals surface area contributed by atoms with Crippen molar-refractivity contribution < 1.29 is 13.9 Å². The zero-order chi connectivity index (χ0) is 17.8. The summed E-state index contributed by atoms with van der Waals surface area (Å²) in [5.41, 5.74) is 2.54. The van der Waals surface area contributed by atoms with Crippen LogP contribution in [-0.4, -0.2) is 28.7 Å². The number of aromatic nitrogens is 2. The molecule has 0 radical (unpaired) electrons. The fraction of sp³-hybridized carbons (Fsp3) is 0.222. The van der Waals surface area contributed by atoms with Gasteiger partial charge in [0.2, 0.25) is 5.91 Å². The minimum atomic E-state index is -0.292. The van der Waals surface area contributed by atoms with Crippen molar-refractivity contribution in [3.8, 4) is 5.75 Å². The first-order valence-corrected chi connectivity index (χ1v) is 8.75. The number of hydrogen-bond acceptors (Lipinski definition) is 4. The predicted molar refractivity (Wildman–Crippen MR) is 96.3 cm³/mol. The van der Waals surface area contributed by atoms with E-state index in [0.717, 1.165) is 22.3 Å². The Morgan fingerprint density at radius 3 is 2.80 bits per heavy atom. The number of nitrogens with one attached hydrogen (secondary N) is 2. The minimum absolute atomic E-state index is 0.111. The number of carbonyl (C=O) groups excluding carboxylic acids is 1. The average Bonchev–Trinajstić information content (AvgIpc) is 3.02. The van der Waals surface area contributed by atoms with E-state index >= 15 is 0 Å². The Bertz CT molecular complexity index is 880. The van der Waals surface area contributed by atoms with Gasteiger partial charge in [-0.1, -0.05) is 23.9 Å². The number of fused-ring (bicyclic) bond motifs is 1. The normalized spacial score (nSPS) is 12.1. The second-order valence-corrected chi connectivity index (χ2v) is 6.52. The number of aromatic amines is 1. The van der Waals surface area contributed by atoms with Crippen LogP contribution in [0.5, 0.6) is 5.75 Å². The van der Waals surface area contributed by atoms with Gasteiger partial charge < -0.3 is 15.0 Å². The summed E-state index contributed by atoms with van der Waals surface area (Å²) in [4.78, 5) is 19.7. The second-order valence-electron chi connectivity index (χ2n) is 5.55. The molecule has 0 aliphatic heterocycles. The Hall–Kier alpha value is -2.54. The van der Waals surface area contributed by atoms with Crippen molar-refractivity contribution in [1.29, 1.82) is 0 Å². The van der Waals surface area contributed by atoms with Gasteiger partial charge in [-0.3, -0.25) is 4.79 Å². The molecule has 1 heterocycles. The van der Waals surface area contributed by atoms with Crippen LogP contribution >= 0.6 is 11.8 Å². The SMILES string of the molecule is COc1ccc2nc(SCC(=O)NC(C)c3ccc(F)cc3)[nH]c2c1. The second kappa shape index (κ2) is 7.57. The van der Waals surface area contributed by atoms with Gasteiger partial charge in [-0.2, -0.15) is 0 Å². The molecule has 1 atom stereocenters. The maximum Gasteiger partial charge on any atom is 0.230 e. The molecule has 5 nitrogen and oxygen atoms in total. The Morgan fingerprint density at radius 2 is 2.08 bits per heavy atom. The highest BCUT2D eigenvalue weighted by atomic mass is 32.2. The van der Waals surface area contributed by atoms with Crippen LogP contribution in [0.3, 0.4) is 0 Å². The van der Waals surface area contributed by atoms with E-state index in [1.807, 2.05) is 25.1 Å². The first-order chi connectivity index (χ1) is 12.0. The molecule has 0 fully saturated rings. The number of H-pyrrole nitrogens is 1. The van der Waals surface area contributed by atoms with Crippen molar-refractivity contribution in [2.75, 3.05) is 12.9 Å². The van der Waals surface area contributed by atoms with Crippen molar-refractivity contribution in [3.05, 3.63) is 53.8 Å². The summed E-state index contributed by atoms with van der Waals surface area (Å²) in [6.07, 6.45) is 0. The lowest BCUT2D eigenvalue weighted by atomic mass is 10.1. The fourth-order valence-corrected chi connectivity index (χ4v) is 3.11. The summed E-state index contributed by atoms with van der Waals surface area (Å²) in [7, 11) is 1.61. The number of ether oxygens (including phenoxy) is 1. The molecule has 0 aliphatic carbocycles. The van der Waals surface area contributed by atoms with Gasteiger partial charge in [-0.25, -0.2) is 9.37 Å². The van der Waals surface area contributed by atoms with Gasteiger partial charge in [0, 0.05) is 6.07 Å². The quantitative estimate of drug-likeness (QED) is 0.659. The zero-order valence-electron chi connectivity index (χ0n) is 13.9. The lowest BCUT2D eigenvalue weighted by molar-refractivity contribution is -0.119. The average molecular weight is 359 g/mol. The van der Waals surface area contributed by atoms with Gasteiger partial charge in [-0.05, 0) is 36.8 Å². The smallest absolute Gasteiger partial charge is 0.230 e. The van der Waals surface area contributed by atoms with E-state index in [4.69, 9.17) is 4.74 Å². The summed E-state index contributed by atoms with van der Waals surface area (Å²) in [6, 6.07) is 11.5. The third-order valence-electron chi connectivity index (χ3n) is 3.75. The topological polar surface area (TPSA) is 67.0 Å². The number of thioether (sulfide) groups is 1. The lowest BCUT2D eigenvalue weighted by Gasteiger charge is -2.13. The molecule has 3 rings (SSSR count). The van der Waals surface area contributed by atoms with E-state index in [9.17, 15) is 9.18 Å².